The molecule has 2 N–H and O–H groups in total. The maximum atomic E-state index is 13.9. The van der Waals surface area contributed by atoms with E-state index in [1.165, 1.54) is 57.7 Å². The first-order valence-electron chi connectivity index (χ1n) is 15.9. The van der Waals surface area contributed by atoms with E-state index in [9.17, 15) is 44.3 Å². The SMILES string of the molecule is COc1ccc(Br)c(OC)c1C1(C(=O)NS(=O)(=O)Cc2ccc(-n3cc4c(OCC(F)(F)F)c5[nH]cccc5c(OCC(F)(F)F)c4c3=O)c(C)c2)CC1. The molecule has 1 amide bonds. The number of ether oxygens (including phenoxy) is 4. The van der Waals surface area contributed by atoms with Crippen LogP contribution in [0, 0.1) is 6.92 Å². The minimum Gasteiger partial charge on any atom is -0.496 e. The van der Waals surface area contributed by atoms with Crippen molar-refractivity contribution in [1.82, 2.24) is 14.3 Å². The number of carbonyl (C=O) groups excluding carboxylic acids is 1. The molecule has 1 fully saturated rings. The third-order valence-electron chi connectivity index (χ3n) is 8.80. The molecule has 1 aliphatic carbocycles. The van der Waals surface area contributed by atoms with Gasteiger partial charge in [0.2, 0.25) is 15.9 Å². The van der Waals surface area contributed by atoms with Gasteiger partial charge in [-0.15, -0.1) is 0 Å². The molecule has 54 heavy (non-hydrogen) atoms. The highest BCUT2D eigenvalue weighted by molar-refractivity contribution is 9.10. The van der Waals surface area contributed by atoms with E-state index < -0.39 is 75.1 Å². The molecule has 2 aromatic heterocycles. The number of methoxy groups -OCH3 is 2. The number of nitrogens with zero attached hydrogens (tertiary/aromatic N) is 1. The number of H-pyrrole nitrogens is 1. The zero-order chi connectivity index (χ0) is 39.4. The van der Waals surface area contributed by atoms with Crippen LogP contribution in [0.3, 0.4) is 0 Å². The summed E-state index contributed by atoms with van der Waals surface area (Å²) in [5.74, 6) is -1.75. The van der Waals surface area contributed by atoms with Crippen LogP contribution in [0.4, 0.5) is 26.3 Å². The van der Waals surface area contributed by atoms with Crippen LogP contribution >= 0.6 is 15.9 Å². The number of halogens is 7. The lowest BCUT2D eigenvalue weighted by molar-refractivity contribution is -0.154. The van der Waals surface area contributed by atoms with Crippen molar-refractivity contribution in [3.8, 4) is 28.7 Å². The van der Waals surface area contributed by atoms with Crippen molar-refractivity contribution in [3.05, 3.63) is 86.4 Å². The van der Waals surface area contributed by atoms with Gasteiger partial charge in [0.15, 0.2) is 19.0 Å². The van der Waals surface area contributed by atoms with Crippen molar-refractivity contribution in [3.63, 3.8) is 0 Å². The first-order chi connectivity index (χ1) is 25.3. The molecular weight excluding hydrogens is 816 g/mol. The van der Waals surface area contributed by atoms with E-state index in [0.29, 0.717) is 39.9 Å². The number of nitrogens with one attached hydrogen (secondary N) is 2. The number of alkyl halides is 6. The molecule has 0 spiro atoms. The minimum absolute atomic E-state index is 0.128. The highest BCUT2D eigenvalue weighted by Crippen LogP contribution is 2.56. The number of aryl methyl sites for hydroxylation is 1. The Hall–Kier alpha value is -4.91. The molecule has 3 aromatic carbocycles. The molecule has 19 heteroatoms. The minimum atomic E-state index is -4.82. The van der Waals surface area contributed by atoms with Gasteiger partial charge in [-0.25, -0.2) is 8.42 Å². The number of aromatic amines is 1. The summed E-state index contributed by atoms with van der Waals surface area (Å²) in [6.07, 6.45) is -6.54. The molecule has 11 nitrogen and oxygen atoms in total. The summed E-state index contributed by atoms with van der Waals surface area (Å²) in [4.78, 5) is 30.2. The Kier molecular flexibility index (Phi) is 10.1. The molecule has 0 aliphatic heterocycles. The summed E-state index contributed by atoms with van der Waals surface area (Å²) in [6, 6.07) is 10.1. The third kappa shape index (κ3) is 7.55. The number of hydrogen-bond donors (Lipinski definition) is 2. The number of fused-ring (bicyclic) bond motifs is 2. The first-order valence-corrected chi connectivity index (χ1v) is 18.4. The van der Waals surface area contributed by atoms with Gasteiger partial charge in [-0.05, 0) is 77.2 Å². The van der Waals surface area contributed by atoms with Crippen LogP contribution in [0.2, 0.25) is 0 Å². The van der Waals surface area contributed by atoms with Gasteiger partial charge in [-0.1, -0.05) is 12.1 Å². The van der Waals surface area contributed by atoms with Crippen molar-refractivity contribution in [1.29, 1.82) is 0 Å². The van der Waals surface area contributed by atoms with Crippen LogP contribution in [0.25, 0.3) is 27.4 Å². The number of hydrogen-bond acceptors (Lipinski definition) is 8. The van der Waals surface area contributed by atoms with Crippen LogP contribution in [-0.2, 0) is 26.0 Å². The predicted octanol–water partition coefficient (Wildman–Crippen LogP) is 7.12. The summed E-state index contributed by atoms with van der Waals surface area (Å²) in [6.45, 7) is -2.05. The number of carbonyl (C=O) groups is 1. The fourth-order valence-electron chi connectivity index (χ4n) is 6.40. The topological polar surface area (TPSA) is 138 Å². The van der Waals surface area contributed by atoms with Crippen molar-refractivity contribution in [2.24, 2.45) is 0 Å². The summed E-state index contributed by atoms with van der Waals surface area (Å²) in [7, 11) is -1.49. The fraction of sp³-hybridized carbons (Fsp3) is 0.314. The molecule has 0 saturated heterocycles. The molecule has 2 heterocycles. The highest BCUT2D eigenvalue weighted by Gasteiger charge is 2.56. The summed E-state index contributed by atoms with van der Waals surface area (Å²) in [5.41, 5.74) is -1.29. The lowest BCUT2D eigenvalue weighted by atomic mass is 9.93. The van der Waals surface area contributed by atoms with E-state index in [1.807, 2.05) is 0 Å². The average molecular weight is 847 g/mol. The highest BCUT2D eigenvalue weighted by atomic mass is 79.9. The Morgan fingerprint density at radius 2 is 1.61 bits per heavy atom. The predicted molar refractivity (Wildman–Crippen MR) is 188 cm³/mol. The van der Waals surface area contributed by atoms with Crippen LogP contribution < -0.4 is 29.2 Å². The van der Waals surface area contributed by atoms with Gasteiger partial charge in [-0.3, -0.25) is 18.9 Å². The van der Waals surface area contributed by atoms with Crippen LogP contribution in [0.15, 0.2) is 64.1 Å². The molecule has 0 atom stereocenters. The van der Waals surface area contributed by atoms with Gasteiger partial charge < -0.3 is 23.9 Å². The lowest BCUT2D eigenvalue weighted by Crippen LogP contribution is -2.39. The van der Waals surface area contributed by atoms with E-state index in [2.05, 4.69) is 25.6 Å². The van der Waals surface area contributed by atoms with Gasteiger partial charge in [0, 0.05) is 17.8 Å². The molecule has 1 saturated carbocycles. The monoisotopic (exact) mass is 845 g/mol. The van der Waals surface area contributed by atoms with Gasteiger partial charge >= 0.3 is 12.4 Å². The van der Waals surface area contributed by atoms with E-state index in [0.717, 1.165) is 10.8 Å². The fourth-order valence-corrected chi connectivity index (χ4v) is 8.06. The second-order valence-electron chi connectivity index (χ2n) is 12.6. The summed E-state index contributed by atoms with van der Waals surface area (Å²) >= 11 is 3.39. The van der Waals surface area contributed by atoms with Gasteiger partial charge in [0.05, 0.1) is 57.4 Å². The second kappa shape index (κ2) is 14.1. The number of rotatable bonds is 12. The van der Waals surface area contributed by atoms with Gasteiger partial charge in [0.1, 0.15) is 17.2 Å². The Bertz CT molecular complexity index is 2460. The second-order valence-corrected chi connectivity index (χ2v) is 15.1. The molecule has 1 aliphatic rings. The summed E-state index contributed by atoms with van der Waals surface area (Å²) in [5, 5.41) is -0.867. The van der Waals surface area contributed by atoms with E-state index >= 15 is 0 Å². The molecule has 0 unspecified atom stereocenters. The Labute approximate surface area is 311 Å². The molecule has 288 valence electrons. The van der Waals surface area contributed by atoms with Crippen LogP contribution in [0.1, 0.15) is 29.5 Å². The van der Waals surface area contributed by atoms with Crippen molar-refractivity contribution in [2.45, 2.75) is 43.3 Å². The average Bonchev–Trinajstić information content (AvgIpc) is 3.83. The molecule has 0 radical (unpaired) electrons. The largest absolute Gasteiger partial charge is 0.496 e. The van der Waals surface area contributed by atoms with E-state index in [-0.39, 0.29) is 27.5 Å². The van der Waals surface area contributed by atoms with Crippen molar-refractivity contribution < 1.29 is 58.5 Å². The lowest BCUT2D eigenvalue weighted by Gasteiger charge is -2.22. The number of sulfonamides is 1. The maximum absolute atomic E-state index is 13.9. The molecule has 6 rings (SSSR count). The smallest absolute Gasteiger partial charge is 0.422 e. The van der Waals surface area contributed by atoms with Crippen molar-refractivity contribution in [2.75, 3.05) is 27.4 Å². The number of pyridine rings is 1. The quantitative estimate of drug-likeness (QED) is 0.127. The van der Waals surface area contributed by atoms with Crippen LogP contribution in [-0.4, -0.2) is 63.7 Å². The normalized spacial score (nSPS) is 14.3. The standard InChI is InChI=1S/C35H30BrF6N3O8S/c1-18-13-19(15-54(48,49)44-32(47)33(10-11-33)26-24(50-2)9-7-22(36)30(26)51-3)6-8-23(18)45-14-21-25(31(45)46)28(52-16-34(37,38)39)20-5-4-12-43-27(20)29(21)53-17-35(40,41)42/h4-9,12-14,43H,10-11,15-17H2,1-3H3,(H,44,47). The number of benzene rings is 3. The first kappa shape index (κ1) is 38.8. The van der Waals surface area contributed by atoms with Crippen LogP contribution in [0.5, 0.6) is 23.0 Å². The number of amides is 1. The third-order valence-corrected chi connectivity index (χ3v) is 10.6. The molecular formula is C35H30BrF6N3O8S. The van der Waals surface area contributed by atoms with E-state index in [1.54, 1.807) is 12.1 Å². The van der Waals surface area contributed by atoms with Gasteiger partial charge in [-0.2, -0.15) is 26.3 Å². The summed E-state index contributed by atoms with van der Waals surface area (Å²) < 4.78 is 131. The Morgan fingerprint density at radius 3 is 2.20 bits per heavy atom. The Morgan fingerprint density at radius 1 is 0.944 bits per heavy atom. The van der Waals surface area contributed by atoms with Crippen molar-refractivity contribution >= 4 is 53.5 Å². The Balaban J connectivity index is 1.35. The van der Waals surface area contributed by atoms with Gasteiger partial charge in [0.25, 0.3) is 5.56 Å². The molecule has 0 bridgehead atoms. The maximum Gasteiger partial charge on any atom is 0.422 e. The van der Waals surface area contributed by atoms with E-state index in [4.69, 9.17) is 18.9 Å². The molecule has 5 aromatic rings. The zero-order valence-electron chi connectivity index (χ0n) is 28.5. The zero-order valence-corrected chi connectivity index (χ0v) is 30.9. The number of aromatic nitrogens is 2.